The molecule has 5 heteroatoms. The lowest BCUT2D eigenvalue weighted by molar-refractivity contribution is 0.0943. The van der Waals surface area contributed by atoms with E-state index in [4.69, 9.17) is 18.0 Å². The number of rotatable bonds is 4. The molecule has 0 radical (unpaired) electrons. The molecule has 0 aliphatic heterocycles. The lowest BCUT2D eigenvalue weighted by Crippen LogP contribution is -2.45. The monoisotopic (exact) mass is 264 g/mol. The van der Waals surface area contributed by atoms with Crippen LogP contribution >= 0.6 is 12.2 Å². The van der Waals surface area contributed by atoms with Crippen molar-refractivity contribution in [1.82, 2.24) is 5.32 Å². The van der Waals surface area contributed by atoms with Crippen LogP contribution in [-0.4, -0.2) is 22.0 Å². The quantitative estimate of drug-likeness (QED) is 0.720. The Morgan fingerprint density at radius 2 is 2.22 bits per heavy atom. The largest absolute Gasteiger partial charge is 0.508 e. The molecular weight excluding hydrogens is 248 g/mol. The molecular formula is C13H16N2O2S. The zero-order valence-corrected chi connectivity index (χ0v) is 11.0. The van der Waals surface area contributed by atoms with Crippen molar-refractivity contribution in [2.75, 3.05) is 0 Å². The lowest BCUT2D eigenvalue weighted by Gasteiger charge is -2.17. The minimum atomic E-state index is -0.222. The third kappa shape index (κ3) is 2.79. The van der Waals surface area contributed by atoms with Gasteiger partial charge in [-0.2, -0.15) is 0 Å². The third-order valence-corrected chi connectivity index (χ3v) is 3.40. The minimum Gasteiger partial charge on any atom is -0.508 e. The van der Waals surface area contributed by atoms with E-state index in [0.29, 0.717) is 16.5 Å². The van der Waals surface area contributed by atoms with E-state index >= 15 is 0 Å². The average Bonchev–Trinajstić information content (AvgIpc) is 3.08. The Hall–Kier alpha value is -1.62. The van der Waals surface area contributed by atoms with E-state index < -0.39 is 0 Å². The maximum absolute atomic E-state index is 12.1. The van der Waals surface area contributed by atoms with Crippen LogP contribution in [-0.2, 0) is 0 Å². The first-order valence-electron chi connectivity index (χ1n) is 5.89. The van der Waals surface area contributed by atoms with Gasteiger partial charge in [0.25, 0.3) is 5.91 Å². The number of hydrogen-bond donors (Lipinski definition) is 3. The topological polar surface area (TPSA) is 75.3 Å². The van der Waals surface area contributed by atoms with Crippen LogP contribution in [0.15, 0.2) is 18.2 Å². The number of aryl methyl sites for hydroxylation is 1. The van der Waals surface area contributed by atoms with Gasteiger partial charge in [-0.3, -0.25) is 4.79 Å². The second kappa shape index (κ2) is 4.94. The Labute approximate surface area is 111 Å². The zero-order valence-electron chi connectivity index (χ0n) is 10.1. The van der Waals surface area contributed by atoms with Crippen molar-refractivity contribution in [3.05, 3.63) is 29.3 Å². The Kier molecular flexibility index (Phi) is 3.52. The van der Waals surface area contributed by atoms with Crippen molar-refractivity contribution in [3.8, 4) is 5.75 Å². The van der Waals surface area contributed by atoms with Gasteiger partial charge in [-0.25, -0.2) is 0 Å². The average molecular weight is 264 g/mol. The standard InChI is InChI=1S/C13H16N2O2S/c1-7-6-9(16)4-5-10(7)13(17)15-11(12(14)18)8-2-3-8/h4-6,8,11,16H,2-3H2,1H3,(H2,14,18)(H,15,17). The molecule has 0 saturated heterocycles. The SMILES string of the molecule is Cc1cc(O)ccc1C(=O)NC(C(N)=S)C1CC1. The summed E-state index contributed by atoms with van der Waals surface area (Å²) in [5, 5.41) is 12.2. The van der Waals surface area contributed by atoms with Crippen LogP contribution in [0.3, 0.4) is 0 Å². The van der Waals surface area contributed by atoms with Gasteiger partial charge in [0.2, 0.25) is 0 Å². The molecule has 1 fully saturated rings. The van der Waals surface area contributed by atoms with Crippen LogP contribution in [0.5, 0.6) is 5.75 Å². The number of benzene rings is 1. The molecule has 0 spiro atoms. The first-order valence-corrected chi connectivity index (χ1v) is 6.29. The minimum absolute atomic E-state index is 0.150. The normalized spacial score (nSPS) is 16.1. The van der Waals surface area contributed by atoms with Crippen LogP contribution in [0.25, 0.3) is 0 Å². The lowest BCUT2D eigenvalue weighted by atomic mass is 10.1. The van der Waals surface area contributed by atoms with E-state index in [2.05, 4.69) is 5.32 Å². The van der Waals surface area contributed by atoms with E-state index in [-0.39, 0.29) is 17.7 Å². The van der Waals surface area contributed by atoms with E-state index in [0.717, 1.165) is 18.4 Å². The maximum atomic E-state index is 12.1. The molecule has 1 saturated carbocycles. The maximum Gasteiger partial charge on any atom is 0.252 e. The molecule has 1 aromatic carbocycles. The highest BCUT2D eigenvalue weighted by atomic mass is 32.1. The number of phenols is 1. The number of carbonyl (C=O) groups excluding carboxylic acids is 1. The van der Waals surface area contributed by atoms with E-state index in [9.17, 15) is 9.90 Å². The highest BCUT2D eigenvalue weighted by Gasteiger charge is 2.34. The molecule has 0 bridgehead atoms. The van der Waals surface area contributed by atoms with Crippen LogP contribution < -0.4 is 11.1 Å². The summed E-state index contributed by atoms with van der Waals surface area (Å²) in [7, 11) is 0. The van der Waals surface area contributed by atoms with E-state index in [1.54, 1.807) is 19.1 Å². The predicted octanol–water partition coefficient (Wildman–Crippen LogP) is 1.50. The summed E-state index contributed by atoms with van der Waals surface area (Å²) in [6, 6.07) is 4.43. The van der Waals surface area contributed by atoms with Gasteiger partial charge in [0.05, 0.1) is 11.0 Å². The molecule has 2 rings (SSSR count). The van der Waals surface area contributed by atoms with Crippen molar-refractivity contribution >= 4 is 23.1 Å². The molecule has 1 aromatic rings. The zero-order chi connectivity index (χ0) is 13.3. The number of phenolic OH excluding ortho intramolecular Hbond substituents is 1. The summed E-state index contributed by atoms with van der Waals surface area (Å²) in [6.45, 7) is 1.78. The Bertz CT molecular complexity index is 498. The summed E-state index contributed by atoms with van der Waals surface area (Å²) in [4.78, 5) is 12.5. The van der Waals surface area contributed by atoms with Crippen molar-refractivity contribution in [1.29, 1.82) is 0 Å². The predicted molar refractivity (Wildman–Crippen MR) is 73.6 cm³/mol. The molecule has 1 aliphatic carbocycles. The Balaban J connectivity index is 2.13. The number of aromatic hydroxyl groups is 1. The van der Waals surface area contributed by atoms with E-state index in [1.807, 2.05) is 0 Å². The summed E-state index contributed by atoms with van der Waals surface area (Å²) >= 11 is 4.98. The van der Waals surface area contributed by atoms with Gasteiger partial charge in [-0.15, -0.1) is 0 Å². The number of hydrogen-bond acceptors (Lipinski definition) is 3. The second-order valence-electron chi connectivity index (χ2n) is 4.69. The molecule has 0 aromatic heterocycles. The Morgan fingerprint density at radius 3 is 2.72 bits per heavy atom. The summed E-state index contributed by atoms with van der Waals surface area (Å²) in [5.74, 6) is 0.332. The number of nitrogens with two attached hydrogens (primary N) is 1. The van der Waals surface area contributed by atoms with Gasteiger partial charge in [-0.05, 0) is 49.4 Å². The summed E-state index contributed by atoms with van der Waals surface area (Å²) < 4.78 is 0. The number of amides is 1. The van der Waals surface area contributed by atoms with Crippen molar-refractivity contribution in [2.45, 2.75) is 25.8 Å². The van der Waals surface area contributed by atoms with Gasteiger partial charge in [0.15, 0.2) is 0 Å². The highest BCUT2D eigenvalue weighted by molar-refractivity contribution is 7.80. The van der Waals surface area contributed by atoms with Gasteiger partial charge in [-0.1, -0.05) is 12.2 Å². The van der Waals surface area contributed by atoms with Gasteiger partial charge in [0, 0.05) is 5.56 Å². The second-order valence-corrected chi connectivity index (χ2v) is 5.16. The number of carbonyl (C=O) groups is 1. The Morgan fingerprint density at radius 1 is 1.56 bits per heavy atom. The van der Waals surface area contributed by atoms with Gasteiger partial charge >= 0.3 is 0 Å². The number of nitrogens with one attached hydrogen (secondary N) is 1. The fourth-order valence-corrected chi connectivity index (χ4v) is 2.22. The van der Waals surface area contributed by atoms with Gasteiger partial charge in [0.1, 0.15) is 5.75 Å². The first-order chi connectivity index (χ1) is 8.49. The van der Waals surface area contributed by atoms with Gasteiger partial charge < -0.3 is 16.2 Å². The highest BCUT2D eigenvalue weighted by Crippen LogP contribution is 2.33. The molecule has 1 aliphatic rings. The molecule has 1 atom stereocenters. The van der Waals surface area contributed by atoms with Crippen LogP contribution in [0.1, 0.15) is 28.8 Å². The smallest absolute Gasteiger partial charge is 0.252 e. The van der Waals surface area contributed by atoms with Crippen LogP contribution in [0, 0.1) is 12.8 Å². The molecule has 96 valence electrons. The van der Waals surface area contributed by atoms with Crippen LogP contribution in [0.2, 0.25) is 0 Å². The molecule has 4 nitrogen and oxygen atoms in total. The summed E-state index contributed by atoms with van der Waals surface area (Å²) in [5.41, 5.74) is 6.91. The third-order valence-electron chi connectivity index (χ3n) is 3.14. The summed E-state index contributed by atoms with van der Waals surface area (Å²) in [6.07, 6.45) is 2.10. The molecule has 0 heterocycles. The fourth-order valence-electron chi connectivity index (χ4n) is 1.97. The molecule has 1 unspecified atom stereocenters. The van der Waals surface area contributed by atoms with Crippen molar-refractivity contribution in [3.63, 3.8) is 0 Å². The van der Waals surface area contributed by atoms with Crippen molar-refractivity contribution in [2.24, 2.45) is 11.7 Å². The first kappa shape index (κ1) is 12.8. The van der Waals surface area contributed by atoms with Crippen molar-refractivity contribution < 1.29 is 9.90 Å². The molecule has 1 amide bonds. The number of thiocarbonyl (C=S) groups is 1. The molecule has 4 N–H and O–H groups in total. The van der Waals surface area contributed by atoms with Crippen LogP contribution in [0.4, 0.5) is 0 Å². The van der Waals surface area contributed by atoms with E-state index in [1.165, 1.54) is 6.07 Å². The fraction of sp³-hybridized carbons (Fsp3) is 0.385. The molecule has 18 heavy (non-hydrogen) atoms.